The highest BCUT2D eigenvalue weighted by atomic mass is 32.2. The van der Waals surface area contributed by atoms with Gasteiger partial charge in [0.1, 0.15) is 0 Å². The van der Waals surface area contributed by atoms with Crippen molar-refractivity contribution in [2.75, 3.05) is 11.6 Å². The van der Waals surface area contributed by atoms with E-state index in [0.717, 1.165) is 15.5 Å². The van der Waals surface area contributed by atoms with Crippen molar-refractivity contribution in [3.05, 3.63) is 77.7 Å². The molecule has 1 aromatic heterocycles. The summed E-state index contributed by atoms with van der Waals surface area (Å²) < 4.78 is 0. The molecule has 0 saturated carbocycles. The summed E-state index contributed by atoms with van der Waals surface area (Å²) in [4.78, 5) is 15.4. The molecule has 0 radical (unpaired) electrons. The number of benzene rings is 2. The second-order valence-corrected chi connectivity index (χ2v) is 7.05. The van der Waals surface area contributed by atoms with Crippen molar-refractivity contribution < 1.29 is 4.79 Å². The third kappa shape index (κ3) is 4.16. The molecule has 24 heavy (non-hydrogen) atoms. The third-order valence-corrected chi connectivity index (χ3v) is 5.34. The van der Waals surface area contributed by atoms with Gasteiger partial charge in [-0.2, -0.15) is 0 Å². The third-order valence-electron chi connectivity index (χ3n) is 3.45. The molecular weight excluding hydrogens is 334 g/mol. The lowest BCUT2D eigenvalue weighted by molar-refractivity contribution is -0.111. The van der Waals surface area contributed by atoms with Gasteiger partial charge in [0.05, 0.1) is 5.69 Å². The molecule has 1 N–H and O–H groups in total. The molecule has 0 aliphatic carbocycles. The zero-order valence-corrected chi connectivity index (χ0v) is 14.9. The quantitative estimate of drug-likeness (QED) is 0.466. The van der Waals surface area contributed by atoms with Crippen molar-refractivity contribution in [3.8, 4) is 10.4 Å². The minimum absolute atomic E-state index is 0.119. The molecule has 4 heteroatoms. The maximum absolute atomic E-state index is 12.1. The van der Waals surface area contributed by atoms with Crippen LogP contribution in [0.2, 0.25) is 0 Å². The normalized spacial score (nSPS) is 10.9. The highest BCUT2D eigenvalue weighted by molar-refractivity contribution is 7.98. The highest BCUT2D eigenvalue weighted by Crippen LogP contribution is 2.28. The molecule has 0 bridgehead atoms. The van der Waals surface area contributed by atoms with Crippen LogP contribution < -0.4 is 5.32 Å². The minimum Gasteiger partial charge on any atom is -0.321 e. The number of hydrogen-bond donors (Lipinski definition) is 1. The Balaban J connectivity index is 1.68. The van der Waals surface area contributed by atoms with Crippen LogP contribution >= 0.6 is 23.1 Å². The van der Waals surface area contributed by atoms with E-state index >= 15 is 0 Å². The zero-order valence-electron chi connectivity index (χ0n) is 13.2. The molecule has 0 atom stereocenters. The summed E-state index contributed by atoms with van der Waals surface area (Å²) >= 11 is 3.29. The van der Waals surface area contributed by atoms with Gasteiger partial charge in [-0.15, -0.1) is 23.1 Å². The van der Waals surface area contributed by atoms with E-state index in [0.29, 0.717) is 0 Å². The summed E-state index contributed by atoms with van der Waals surface area (Å²) in [5.41, 5.74) is 2.04. The van der Waals surface area contributed by atoms with Crippen molar-refractivity contribution in [1.82, 2.24) is 0 Å². The van der Waals surface area contributed by atoms with Gasteiger partial charge < -0.3 is 5.32 Å². The molecule has 0 unspecified atom stereocenters. The standard InChI is InChI=1S/C20H17NOS2/c1-23-19-10-6-5-9-17(19)21-20(22)14-12-16-11-13-18(24-16)15-7-3-2-4-8-15/h2-14H,1H3,(H,21,22)/b14-12+. The maximum Gasteiger partial charge on any atom is 0.248 e. The fraction of sp³-hybridized carbons (Fsp3) is 0.0500. The van der Waals surface area contributed by atoms with Crippen molar-refractivity contribution >= 4 is 40.8 Å². The number of para-hydroxylation sites is 1. The van der Waals surface area contributed by atoms with Gasteiger partial charge in [-0.1, -0.05) is 42.5 Å². The van der Waals surface area contributed by atoms with E-state index in [1.54, 1.807) is 29.2 Å². The van der Waals surface area contributed by atoms with Gasteiger partial charge in [0, 0.05) is 20.7 Å². The van der Waals surface area contributed by atoms with Crippen molar-refractivity contribution in [1.29, 1.82) is 0 Å². The zero-order chi connectivity index (χ0) is 16.8. The lowest BCUT2D eigenvalue weighted by Gasteiger charge is -2.06. The fourth-order valence-electron chi connectivity index (χ4n) is 2.28. The average molecular weight is 351 g/mol. The smallest absolute Gasteiger partial charge is 0.248 e. The molecule has 2 nitrogen and oxygen atoms in total. The Morgan fingerprint density at radius 1 is 1.00 bits per heavy atom. The SMILES string of the molecule is CSc1ccccc1NC(=O)/C=C/c1ccc(-c2ccccc2)s1. The second kappa shape index (κ2) is 7.99. The molecule has 1 heterocycles. The number of carbonyl (C=O) groups is 1. The molecule has 0 spiro atoms. The number of amides is 1. The minimum atomic E-state index is -0.119. The Morgan fingerprint density at radius 2 is 1.75 bits per heavy atom. The summed E-state index contributed by atoms with van der Waals surface area (Å²) in [6.07, 6.45) is 5.43. The first-order valence-electron chi connectivity index (χ1n) is 7.53. The summed E-state index contributed by atoms with van der Waals surface area (Å²) in [5, 5.41) is 2.93. The highest BCUT2D eigenvalue weighted by Gasteiger charge is 2.04. The molecule has 1 amide bonds. The van der Waals surface area contributed by atoms with E-state index in [2.05, 4.69) is 23.5 Å². The molecule has 0 aliphatic rings. The van der Waals surface area contributed by atoms with Gasteiger partial charge in [0.25, 0.3) is 0 Å². The van der Waals surface area contributed by atoms with E-state index in [-0.39, 0.29) is 5.91 Å². The van der Waals surface area contributed by atoms with Gasteiger partial charge in [-0.3, -0.25) is 4.79 Å². The van der Waals surface area contributed by atoms with E-state index < -0.39 is 0 Å². The Labute approximate surface area is 150 Å². The summed E-state index contributed by atoms with van der Waals surface area (Å²) in [6, 6.07) is 22.2. The topological polar surface area (TPSA) is 29.1 Å². The Morgan fingerprint density at radius 3 is 2.54 bits per heavy atom. The first kappa shape index (κ1) is 16.6. The molecule has 0 saturated heterocycles. The number of thiophene rings is 1. The van der Waals surface area contributed by atoms with Crippen LogP contribution in [0.4, 0.5) is 5.69 Å². The number of thioether (sulfide) groups is 1. The molecule has 3 aromatic rings. The van der Waals surface area contributed by atoms with Crippen LogP contribution in [0.5, 0.6) is 0 Å². The molecule has 3 rings (SSSR count). The molecule has 120 valence electrons. The number of anilines is 1. The number of carbonyl (C=O) groups excluding carboxylic acids is 1. The largest absolute Gasteiger partial charge is 0.321 e. The van der Waals surface area contributed by atoms with Gasteiger partial charge in [0.15, 0.2) is 0 Å². The van der Waals surface area contributed by atoms with Gasteiger partial charge in [-0.25, -0.2) is 0 Å². The summed E-state index contributed by atoms with van der Waals surface area (Å²) in [6.45, 7) is 0. The first-order valence-corrected chi connectivity index (χ1v) is 9.58. The first-order chi connectivity index (χ1) is 11.8. The van der Waals surface area contributed by atoms with Crippen LogP contribution in [0, 0.1) is 0 Å². The molecule has 2 aromatic carbocycles. The van der Waals surface area contributed by atoms with Gasteiger partial charge >= 0.3 is 0 Å². The van der Waals surface area contributed by atoms with Gasteiger partial charge in [0.2, 0.25) is 5.91 Å². The van der Waals surface area contributed by atoms with Crippen LogP contribution in [0.25, 0.3) is 16.5 Å². The van der Waals surface area contributed by atoms with Crippen molar-refractivity contribution in [2.24, 2.45) is 0 Å². The fourth-order valence-corrected chi connectivity index (χ4v) is 3.75. The van der Waals surface area contributed by atoms with Crippen molar-refractivity contribution in [2.45, 2.75) is 4.90 Å². The Hall–Kier alpha value is -2.30. The Kier molecular flexibility index (Phi) is 5.51. The van der Waals surface area contributed by atoms with Crippen LogP contribution in [-0.2, 0) is 4.79 Å². The predicted octanol–water partition coefficient (Wildman–Crippen LogP) is 5.79. The monoisotopic (exact) mass is 351 g/mol. The van der Waals surface area contributed by atoms with Crippen molar-refractivity contribution in [3.63, 3.8) is 0 Å². The average Bonchev–Trinajstić information content (AvgIpc) is 3.10. The van der Waals surface area contributed by atoms with Crippen LogP contribution in [0.3, 0.4) is 0 Å². The molecular formula is C20H17NOS2. The predicted molar refractivity (Wildman–Crippen MR) is 106 cm³/mol. The van der Waals surface area contributed by atoms with Crippen LogP contribution in [-0.4, -0.2) is 12.2 Å². The number of hydrogen-bond acceptors (Lipinski definition) is 3. The number of rotatable bonds is 5. The molecule has 0 fully saturated rings. The number of nitrogens with one attached hydrogen (secondary N) is 1. The summed E-state index contributed by atoms with van der Waals surface area (Å²) in [7, 11) is 0. The van der Waals surface area contributed by atoms with E-state index in [4.69, 9.17) is 0 Å². The van der Waals surface area contributed by atoms with Gasteiger partial charge in [-0.05, 0) is 42.2 Å². The lowest BCUT2D eigenvalue weighted by Crippen LogP contribution is -2.08. The molecule has 0 aliphatic heterocycles. The van der Waals surface area contributed by atoms with E-state index in [1.165, 1.54) is 10.4 Å². The van der Waals surface area contributed by atoms with Crippen LogP contribution in [0.1, 0.15) is 4.88 Å². The Bertz CT molecular complexity index is 853. The summed E-state index contributed by atoms with van der Waals surface area (Å²) in [5.74, 6) is -0.119. The van der Waals surface area contributed by atoms with E-state index in [1.807, 2.05) is 60.9 Å². The maximum atomic E-state index is 12.1. The van der Waals surface area contributed by atoms with Crippen LogP contribution in [0.15, 0.2) is 77.7 Å². The lowest BCUT2D eigenvalue weighted by atomic mass is 10.2. The second-order valence-electron chi connectivity index (χ2n) is 5.09. The van der Waals surface area contributed by atoms with E-state index in [9.17, 15) is 4.79 Å².